The number of aromatic nitrogens is 5. The van der Waals surface area contributed by atoms with Gasteiger partial charge in [-0.1, -0.05) is 13.8 Å². The summed E-state index contributed by atoms with van der Waals surface area (Å²) in [6.07, 6.45) is 4.46. The molecule has 1 saturated heterocycles. The van der Waals surface area contributed by atoms with Crippen molar-refractivity contribution in [3.63, 3.8) is 0 Å². The number of hydrogen-bond donors (Lipinski definition) is 4. The van der Waals surface area contributed by atoms with E-state index in [0.717, 1.165) is 37.1 Å². The Morgan fingerprint density at radius 3 is 2.80 bits per heavy atom. The summed E-state index contributed by atoms with van der Waals surface area (Å²) in [6.45, 7) is 6.08. The number of carbonyl (C=O) groups excluding carboxylic acids is 2. The van der Waals surface area contributed by atoms with Gasteiger partial charge in [0.25, 0.3) is 5.91 Å². The van der Waals surface area contributed by atoms with E-state index in [9.17, 15) is 9.59 Å². The molecule has 1 aliphatic carbocycles. The summed E-state index contributed by atoms with van der Waals surface area (Å²) in [4.78, 5) is 40.8. The number of thiazole rings is 1. The molecule has 0 spiro atoms. The Labute approximate surface area is 206 Å². The second-order valence-corrected chi connectivity index (χ2v) is 10.8. The van der Waals surface area contributed by atoms with Crippen molar-refractivity contribution < 1.29 is 9.59 Å². The third-order valence-corrected chi connectivity index (χ3v) is 7.41. The Bertz CT molecular complexity index is 1270. The van der Waals surface area contributed by atoms with Crippen LogP contribution in [-0.4, -0.2) is 68.0 Å². The Hall–Kier alpha value is -3.38. The normalized spacial score (nSPS) is 17.5. The molecule has 1 aliphatic heterocycles. The predicted octanol–water partition coefficient (Wildman–Crippen LogP) is 1.74. The van der Waals surface area contributed by atoms with Gasteiger partial charge in [0.15, 0.2) is 5.13 Å². The first-order chi connectivity index (χ1) is 16.7. The number of likely N-dealkylation sites (tertiary alicyclic amines) is 1. The molecule has 1 fully saturated rings. The molecule has 2 amide bonds. The number of nitrogens with two attached hydrogens (primary N) is 1. The molecule has 11 nitrogen and oxygen atoms in total. The van der Waals surface area contributed by atoms with Crippen molar-refractivity contribution in [3.8, 4) is 11.4 Å². The fraction of sp³-hybridized carbons (Fsp3) is 0.478. The summed E-state index contributed by atoms with van der Waals surface area (Å²) < 4.78 is 0. The molecule has 2 aliphatic rings. The topological polar surface area (TPSA) is 155 Å². The minimum Gasteiger partial charge on any atom is -0.368 e. The molecule has 5 rings (SSSR count). The van der Waals surface area contributed by atoms with Gasteiger partial charge in [-0.2, -0.15) is 5.10 Å². The lowest BCUT2D eigenvalue weighted by Crippen LogP contribution is -2.43. The number of anilines is 2. The van der Waals surface area contributed by atoms with Crippen LogP contribution in [-0.2, 0) is 23.1 Å². The largest absolute Gasteiger partial charge is 0.368 e. The molecule has 3 aromatic heterocycles. The Balaban J connectivity index is 1.27. The first-order valence-corrected chi connectivity index (χ1v) is 12.5. The highest BCUT2D eigenvalue weighted by Gasteiger charge is 2.38. The van der Waals surface area contributed by atoms with E-state index in [0.29, 0.717) is 34.3 Å². The molecule has 0 atom stereocenters. The zero-order valence-electron chi connectivity index (χ0n) is 20.0. The monoisotopic (exact) mass is 495 g/mol. The number of hydrogen-bond acceptors (Lipinski definition) is 9. The standard InChI is InChI=1S/C23H29N9O2S/c1-23(2)9-12-10-25-21(24)28-17(12)18-16(23)19(31-30-18)20(34)29-22-27-14(11-35-22)8-15(33)26-13-4-6-32(3)7-5-13/h10-11,13H,4-9H2,1-3H3,(H,26,33)(H,30,31)(H2,24,25,28)(H,27,29,34). The second kappa shape index (κ2) is 9.00. The highest BCUT2D eigenvalue weighted by Crippen LogP contribution is 2.42. The summed E-state index contributed by atoms with van der Waals surface area (Å²) in [5.41, 5.74) is 9.42. The Morgan fingerprint density at radius 2 is 2.03 bits per heavy atom. The van der Waals surface area contributed by atoms with Crippen LogP contribution in [0.4, 0.5) is 11.1 Å². The first kappa shape index (κ1) is 23.4. The van der Waals surface area contributed by atoms with Crippen LogP contribution in [0.25, 0.3) is 11.4 Å². The second-order valence-electron chi connectivity index (χ2n) is 9.90. The van der Waals surface area contributed by atoms with Gasteiger partial charge in [-0.05, 0) is 50.4 Å². The molecule has 12 heteroatoms. The van der Waals surface area contributed by atoms with Gasteiger partial charge in [0.05, 0.1) is 17.8 Å². The third-order valence-electron chi connectivity index (χ3n) is 6.61. The summed E-state index contributed by atoms with van der Waals surface area (Å²) >= 11 is 1.29. The Kier molecular flexibility index (Phi) is 6.01. The van der Waals surface area contributed by atoms with E-state index in [1.807, 2.05) is 0 Å². The average molecular weight is 496 g/mol. The van der Waals surface area contributed by atoms with Gasteiger partial charge in [-0.15, -0.1) is 11.3 Å². The van der Waals surface area contributed by atoms with Gasteiger partial charge >= 0.3 is 0 Å². The van der Waals surface area contributed by atoms with Crippen molar-refractivity contribution in [3.05, 3.63) is 34.1 Å². The van der Waals surface area contributed by atoms with Crippen LogP contribution in [0.5, 0.6) is 0 Å². The van der Waals surface area contributed by atoms with E-state index < -0.39 is 0 Å². The van der Waals surface area contributed by atoms with Crippen LogP contribution in [0, 0.1) is 0 Å². The number of nitrogens with zero attached hydrogens (tertiary/aromatic N) is 5. The number of carbonyl (C=O) groups is 2. The molecular formula is C23H29N9O2S. The molecule has 0 saturated carbocycles. The zero-order chi connectivity index (χ0) is 24.7. The Morgan fingerprint density at radius 1 is 1.26 bits per heavy atom. The quantitative estimate of drug-likeness (QED) is 0.417. The SMILES string of the molecule is CN1CCC(NC(=O)Cc2csc(NC(=O)c3[nH]nc4c3C(C)(C)Cc3cnc(N)nc3-4)n2)CC1. The van der Waals surface area contributed by atoms with Crippen LogP contribution in [0.15, 0.2) is 11.6 Å². The number of aromatic amines is 1. The average Bonchev–Trinajstić information content (AvgIpc) is 3.44. The van der Waals surface area contributed by atoms with Gasteiger partial charge in [-0.25, -0.2) is 15.0 Å². The molecule has 3 aromatic rings. The minimum atomic E-state index is -0.360. The van der Waals surface area contributed by atoms with Crippen LogP contribution in [0.2, 0.25) is 0 Å². The van der Waals surface area contributed by atoms with E-state index in [4.69, 9.17) is 5.73 Å². The number of fused-ring (bicyclic) bond motifs is 3. The number of amides is 2. The fourth-order valence-electron chi connectivity index (χ4n) is 4.86. The van der Waals surface area contributed by atoms with Gasteiger partial charge in [-0.3, -0.25) is 20.0 Å². The van der Waals surface area contributed by atoms with Crippen LogP contribution in [0.1, 0.15) is 54.0 Å². The maximum atomic E-state index is 13.2. The summed E-state index contributed by atoms with van der Waals surface area (Å²) in [5, 5.41) is 15.5. The van der Waals surface area contributed by atoms with Gasteiger partial charge in [0, 0.05) is 23.2 Å². The lowest BCUT2D eigenvalue weighted by molar-refractivity contribution is -0.121. The molecule has 35 heavy (non-hydrogen) atoms. The molecule has 5 N–H and O–H groups in total. The highest BCUT2D eigenvalue weighted by atomic mass is 32.1. The van der Waals surface area contributed by atoms with Crippen molar-refractivity contribution in [1.82, 2.24) is 35.4 Å². The van der Waals surface area contributed by atoms with Crippen LogP contribution < -0.4 is 16.4 Å². The molecular weight excluding hydrogens is 466 g/mol. The molecule has 0 radical (unpaired) electrons. The van der Waals surface area contributed by atoms with Gasteiger partial charge < -0.3 is 16.0 Å². The molecule has 4 heterocycles. The lowest BCUT2D eigenvalue weighted by Gasteiger charge is -2.30. The van der Waals surface area contributed by atoms with E-state index in [1.54, 1.807) is 11.6 Å². The minimum absolute atomic E-state index is 0.0490. The molecule has 0 unspecified atom stereocenters. The van der Waals surface area contributed by atoms with Crippen molar-refractivity contribution in [2.24, 2.45) is 0 Å². The van der Waals surface area contributed by atoms with Gasteiger partial charge in [0.2, 0.25) is 11.9 Å². The number of nitrogen functional groups attached to an aromatic ring is 1. The van der Waals surface area contributed by atoms with Gasteiger partial charge in [0.1, 0.15) is 11.4 Å². The van der Waals surface area contributed by atoms with E-state index in [2.05, 4.69) is 61.6 Å². The van der Waals surface area contributed by atoms with E-state index >= 15 is 0 Å². The van der Waals surface area contributed by atoms with Crippen LogP contribution >= 0.6 is 11.3 Å². The van der Waals surface area contributed by atoms with Crippen molar-refractivity contribution in [2.45, 2.75) is 51.0 Å². The number of rotatable bonds is 5. The lowest BCUT2D eigenvalue weighted by atomic mass is 9.73. The zero-order valence-corrected chi connectivity index (χ0v) is 20.8. The highest BCUT2D eigenvalue weighted by molar-refractivity contribution is 7.14. The number of piperidine rings is 1. The van der Waals surface area contributed by atoms with Crippen molar-refractivity contribution in [2.75, 3.05) is 31.2 Å². The fourth-order valence-corrected chi connectivity index (χ4v) is 5.56. The maximum absolute atomic E-state index is 13.2. The number of H-pyrrole nitrogens is 1. The van der Waals surface area contributed by atoms with E-state index in [1.165, 1.54) is 11.3 Å². The predicted molar refractivity (Wildman–Crippen MR) is 133 cm³/mol. The smallest absolute Gasteiger partial charge is 0.275 e. The summed E-state index contributed by atoms with van der Waals surface area (Å²) in [5.74, 6) is -0.223. The number of nitrogens with one attached hydrogen (secondary N) is 3. The summed E-state index contributed by atoms with van der Waals surface area (Å²) in [7, 11) is 2.09. The first-order valence-electron chi connectivity index (χ1n) is 11.6. The molecule has 0 aromatic carbocycles. The molecule has 0 bridgehead atoms. The van der Waals surface area contributed by atoms with Crippen LogP contribution in [0.3, 0.4) is 0 Å². The molecule has 184 valence electrons. The maximum Gasteiger partial charge on any atom is 0.275 e. The van der Waals surface area contributed by atoms with Crippen molar-refractivity contribution in [1.29, 1.82) is 0 Å². The van der Waals surface area contributed by atoms with E-state index in [-0.39, 0.29) is 35.6 Å². The summed E-state index contributed by atoms with van der Waals surface area (Å²) in [6, 6.07) is 0.206. The third kappa shape index (κ3) is 4.76. The van der Waals surface area contributed by atoms with Crippen molar-refractivity contribution >= 4 is 34.2 Å².